The maximum atomic E-state index is 12.5. The molecule has 0 aliphatic heterocycles. The molecule has 0 unspecified atom stereocenters. The van der Waals surface area contributed by atoms with E-state index in [0.717, 1.165) is 12.1 Å². The number of ketones is 1. The Morgan fingerprint density at radius 2 is 1.76 bits per heavy atom. The van der Waals surface area contributed by atoms with Crippen LogP contribution in [0.5, 0.6) is 5.75 Å². The first-order chi connectivity index (χ1) is 11.8. The third-order valence-corrected chi connectivity index (χ3v) is 3.15. The van der Waals surface area contributed by atoms with E-state index in [1.807, 2.05) is 0 Å². The summed E-state index contributed by atoms with van der Waals surface area (Å²) in [5, 5.41) is 8.56. The molecule has 25 heavy (non-hydrogen) atoms. The lowest BCUT2D eigenvalue weighted by molar-refractivity contribution is -0.139. The molecule has 0 heterocycles. The minimum Gasteiger partial charge on any atom is -0.482 e. The molecule has 2 aromatic carbocycles. The molecule has 0 saturated heterocycles. The number of hydrogen-bond acceptors (Lipinski definition) is 3. The Labute approximate surface area is 141 Å². The van der Waals surface area contributed by atoms with E-state index < -0.39 is 24.3 Å². The Morgan fingerprint density at radius 1 is 1.08 bits per heavy atom. The number of ether oxygens (including phenoxy) is 1. The van der Waals surface area contributed by atoms with E-state index in [1.54, 1.807) is 0 Å². The summed E-state index contributed by atoms with van der Waals surface area (Å²) in [6.07, 6.45) is -1.79. The van der Waals surface area contributed by atoms with Crippen molar-refractivity contribution in [3.63, 3.8) is 0 Å². The highest BCUT2D eigenvalue weighted by Crippen LogP contribution is 2.29. The van der Waals surface area contributed by atoms with Crippen LogP contribution >= 0.6 is 0 Å². The molecule has 0 radical (unpaired) electrons. The Hall–Kier alpha value is -3.09. The normalized spacial score (nSPS) is 11.5. The molecule has 0 amide bonds. The van der Waals surface area contributed by atoms with E-state index in [1.165, 1.54) is 48.6 Å². The Bertz CT molecular complexity index is 793. The van der Waals surface area contributed by atoms with Gasteiger partial charge in [-0.15, -0.1) is 0 Å². The molecule has 0 aliphatic rings. The summed E-state index contributed by atoms with van der Waals surface area (Å²) in [5.41, 5.74) is -0.0510. The van der Waals surface area contributed by atoms with Gasteiger partial charge in [0.25, 0.3) is 0 Å². The predicted molar refractivity (Wildman–Crippen MR) is 84.4 cm³/mol. The summed E-state index contributed by atoms with van der Waals surface area (Å²) in [7, 11) is 0. The minimum absolute atomic E-state index is 0.233. The van der Waals surface area contributed by atoms with Crippen LogP contribution in [0.2, 0.25) is 0 Å². The van der Waals surface area contributed by atoms with Crippen molar-refractivity contribution in [2.24, 2.45) is 0 Å². The van der Waals surface area contributed by atoms with Gasteiger partial charge >= 0.3 is 12.1 Å². The van der Waals surface area contributed by atoms with Crippen molar-refractivity contribution < 1.29 is 32.6 Å². The molecule has 0 saturated carbocycles. The number of aliphatic carboxylic acids is 1. The summed E-state index contributed by atoms with van der Waals surface area (Å²) >= 11 is 0. The Morgan fingerprint density at radius 3 is 2.36 bits per heavy atom. The van der Waals surface area contributed by atoms with Gasteiger partial charge in [-0.25, -0.2) is 4.79 Å². The molecule has 2 rings (SSSR count). The van der Waals surface area contributed by atoms with Crippen molar-refractivity contribution >= 4 is 17.8 Å². The van der Waals surface area contributed by atoms with E-state index in [0.29, 0.717) is 5.56 Å². The van der Waals surface area contributed by atoms with Crippen molar-refractivity contribution in [3.8, 4) is 5.75 Å². The standard InChI is InChI=1S/C18H13F3O4/c19-18(20,21)14-7-4-12(5-8-14)6-9-16(22)13-2-1-3-15(10-13)25-11-17(23)24/h1-10H,11H2,(H,23,24)/b9-6+. The van der Waals surface area contributed by atoms with Gasteiger partial charge in [-0.3, -0.25) is 4.79 Å². The maximum Gasteiger partial charge on any atom is 0.416 e. The number of carbonyl (C=O) groups is 2. The zero-order chi connectivity index (χ0) is 18.4. The lowest BCUT2D eigenvalue weighted by Gasteiger charge is -2.06. The van der Waals surface area contributed by atoms with Crippen LogP contribution in [-0.2, 0) is 11.0 Å². The first-order valence-electron chi connectivity index (χ1n) is 7.10. The second-order valence-corrected chi connectivity index (χ2v) is 5.03. The summed E-state index contributed by atoms with van der Waals surface area (Å²) in [6, 6.07) is 10.4. The molecule has 1 N–H and O–H groups in total. The van der Waals surface area contributed by atoms with Crippen LogP contribution in [0.25, 0.3) is 6.08 Å². The fraction of sp³-hybridized carbons (Fsp3) is 0.111. The zero-order valence-corrected chi connectivity index (χ0v) is 12.8. The Kier molecular flexibility index (Phi) is 5.59. The number of carbonyl (C=O) groups excluding carboxylic acids is 1. The van der Waals surface area contributed by atoms with Crippen LogP contribution < -0.4 is 4.74 Å². The molecular weight excluding hydrogens is 337 g/mol. The second kappa shape index (κ2) is 7.65. The van der Waals surface area contributed by atoms with E-state index in [-0.39, 0.29) is 17.1 Å². The number of alkyl halides is 3. The number of rotatable bonds is 6. The van der Waals surface area contributed by atoms with Gasteiger partial charge in [-0.05, 0) is 35.9 Å². The third kappa shape index (κ3) is 5.49. The van der Waals surface area contributed by atoms with Gasteiger partial charge in [0.2, 0.25) is 0 Å². The van der Waals surface area contributed by atoms with Crippen molar-refractivity contribution in [2.45, 2.75) is 6.18 Å². The predicted octanol–water partition coefficient (Wildman–Crippen LogP) is 4.06. The lowest BCUT2D eigenvalue weighted by atomic mass is 10.1. The number of halogens is 3. The number of benzene rings is 2. The molecule has 130 valence electrons. The molecule has 0 fully saturated rings. The summed E-state index contributed by atoms with van der Waals surface area (Å²) in [6.45, 7) is -0.529. The molecule has 0 aromatic heterocycles. The highest BCUT2D eigenvalue weighted by molar-refractivity contribution is 6.07. The zero-order valence-electron chi connectivity index (χ0n) is 12.8. The van der Waals surface area contributed by atoms with Crippen molar-refractivity contribution in [3.05, 3.63) is 71.3 Å². The van der Waals surface area contributed by atoms with Gasteiger partial charge in [0, 0.05) is 5.56 Å². The first-order valence-corrected chi connectivity index (χ1v) is 7.10. The van der Waals surface area contributed by atoms with Crippen LogP contribution in [-0.4, -0.2) is 23.5 Å². The highest BCUT2D eigenvalue weighted by Gasteiger charge is 2.29. The van der Waals surface area contributed by atoms with E-state index in [9.17, 15) is 22.8 Å². The third-order valence-electron chi connectivity index (χ3n) is 3.15. The van der Waals surface area contributed by atoms with Crippen molar-refractivity contribution in [1.82, 2.24) is 0 Å². The fourth-order valence-electron chi connectivity index (χ4n) is 1.94. The van der Waals surface area contributed by atoms with Crippen LogP contribution in [0.15, 0.2) is 54.6 Å². The van der Waals surface area contributed by atoms with Gasteiger partial charge in [-0.1, -0.05) is 30.3 Å². The molecule has 0 aliphatic carbocycles. The number of hydrogen-bond donors (Lipinski definition) is 1. The molecule has 2 aromatic rings. The largest absolute Gasteiger partial charge is 0.482 e. The second-order valence-electron chi connectivity index (χ2n) is 5.03. The number of allylic oxidation sites excluding steroid dienone is 1. The van der Waals surface area contributed by atoms with Crippen molar-refractivity contribution in [2.75, 3.05) is 6.61 Å². The summed E-state index contributed by atoms with van der Waals surface area (Å²) in [5.74, 6) is -1.30. The van der Waals surface area contributed by atoms with Crippen LogP contribution in [0.1, 0.15) is 21.5 Å². The van der Waals surface area contributed by atoms with Crippen LogP contribution in [0.4, 0.5) is 13.2 Å². The average Bonchev–Trinajstić information content (AvgIpc) is 2.57. The van der Waals surface area contributed by atoms with E-state index >= 15 is 0 Å². The van der Waals surface area contributed by atoms with E-state index in [2.05, 4.69) is 0 Å². The first kappa shape index (κ1) is 18.3. The fourth-order valence-corrected chi connectivity index (χ4v) is 1.94. The molecule has 4 nitrogen and oxygen atoms in total. The smallest absolute Gasteiger partial charge is 0.416 e. The van der Waals surface area contributed by atoms with Crippen molar-refractivity contribution in [1.29, 1.82) is 0 Å². The van der Waals surface area contributed by atoms with Gasteiger partial charge in [0.15, 0.2) is 12.4 Å². The highest BCUT2D eigenvalue weighted by atomic mass is 19.4. The number of carboxylic acid groups (broad SMARTS) is 1. The monoisotopic (exact) mass is 350 g/mol. The molecular formula is C18H13F3O4. The SMILES string of the molecule is O=C(O)COc1cccc(C(=O)/C=C/c2ccc(C(F)(F)F)cc2)c1. The van der Waals surface area contributed by atoms with Gasteiger partial charge in [-0.2, -0.15) is 13.2 Å². The average molecular weight is 350 g/mol. The lowest BCUT2D eigenvalue weighted by Crippen LogP contribution is -2.09. The van der Waals surface area contributed by atoms with Gasteiger partial charge in [0.1, 0.15) is 5.75 Å². The topological polar surface area (TPSA) is 63.6 Å². The molecule has 0 bridgehead atoms. The maximum absolute atomic E-state index is 12.5. The Balaban J connectivity index is 2.07. The summed E-state index contributed by atoms with van der Waals surface area (Å²) in [4.78, 5) is 22.6. The minimum atomic E-state index is -4.41. The quantitative estimate of drug-likeness (QED) is 0.630. The molecule has 0 atom stereocenters. The van der Waals surface area contributed by atoms with Crippen LogP contribution in [0, 0.1) is 0 Å². The number of carboxylic acids is 1. The van der Waals surface area contributed by atoms with Crippen LogP contribution in [0.3, 0.4) is 0 Å². The van der Waals surface area contributed by atoms with Gasteiger partial charge < -0.3 is 9.84 Å². The van der Waals surface area contributed by atoms with Gasteiger partial charge in [0.05, 0.1) is 5.56 Å². The molecule has 0 spiro atoms. The van der Waals surface area contributed by atoms with E-state index in [4.69, 9.17) is 9.84 Å². The molecule has 7 heteroatoms. The summed E-state index contributed by atoms with van der Waals surface area (Å²) < 4.78 is 42.4.